The van der Waals surface area contributed by atoms with Crippen LogP contribution >= 0.6 is 0 Å². The normalized spacial score (nSPS) is 15.4. The van der Waals surface area contributed by atoms with Crippen LogP contribution < -0.4 is 5.11 Å². The predicted molar refractivity (Wildman–Crippen MR) is 165 cm³/mol. The topological polar surface area (TPSA) is 115 Å². The van der Waals surface area contributed by atoms with Crippen LogP contribution in [0.4, 0.5) is 0 Å². The van der Waals surface area contributed by atoms with E-state index in [1.807, 2.05) is 0 Å². The molecule has 0 saturated heterocycles. The molecule has 0 fully saturated rings. The van der Waals surface area contributed by atoms with Gasteiger partial charge in [0, 0.05) is 11.9 Å². The summed E-state index contributed by atoms with van der Waals surface area (Å²) in [6.45, 7) is 8.22. The average molecular weight is 582 g/mol. The molecule has 41 heavy (non-hydrogen) atoms. The summed E-state index contributed by atoms with van der Waals surface area (Å²) in [4.78, 5) is 34.7. The first-order chi connectivity index (χ1) is 19.5. The third-order valence-corrected chi connectivity index (χ3v) is 8.37. The second-order valence-corrected chi connectivity index (χ2v) is 12.7. The van der Waals surface area contributed by atoms with Gasteiger partial charge in [-0.1, -0.05) is 103 Å². The Morgan fingerprint density at radius 3 is 1.29 bits per heavy atom. The zero-order valence-corrected chi connectivity index (χ0v) is 26.9. The van der Waals surface area contributed by atoms with Crippen molar-refractivity contribution in [2.75, 3.05) is 26.2 Å². The van der Waals surface area contributed by atoms with Crippen molar-refractivity contribution < 1.29 is 34.2 Å². The Balaban J connectivity index is 4.30. The van der Waals surface area contributed by atoms with Gasteiger partial charge >= 0.3 is 11.9 Å². The lowest BCUT2D eigenvalue weighted by Gasteiger charge is -2.43. The van der Waals surface area contributed by atoms with E-state index < -0.39 is 35.7 Å². The van der Waals surface area contributed by atoms with Crippen LogP contribution in [-0.2, 0) is 14.4 Å². The van der Waals surface area contributed by atoms with Gasteiger partial charge in [0.15, 0.2) is 0 Å². The van der Waals surface area contributed by atoms with Crippen LogP contribution in [0.1, 0.15) is 143 Å². The molecular formula is C34H63NO6. The smallest absolute Gasteiger partial charge is 0.311 e. The number of nitrogens with zero attached hydrogens (tertiary/aromatic N) is 1. The minimum absolute atomic E-state index is 0.176. The monoisotopic (exact) mass is 581 g/mol. The molecule has 0 aromatic heterocycles. The second kappa shape index (κ2) is 24.7. The minimum atomic E-state index is -1.19. The van der Waals surface area contributed by atoms with E-state index in [4.69, 9.17) is 0 Å². The standard InChI is InChI=1S/C34H63NO6/c1-5-6-7-8-9-10-11-12-13-14-15-16-17-18-19-20-21-22-23-24-25-35(26-29(2)32(36)37,27-30(3)33(38)39)28-31(4)34(40)41/h18-19,29-31H,5-17,20-28H2,1-4H3,(H2-,36,37,38,39,40,41)/b19-18+. The van der Waals surface area contributed by atoms with Gasteiger partial charge in [-0.3, -0.25) is 9.59 Å². The van der Waals surface area contributed by atoms with E-state index in [0.29, 0.717) is 6.54 Å². The van der Waals surface area contributed by atoms with Gasteiger partial charge in [0.05, 0.1) is 26.2 Å². The molecule has 7 heteroatoms. The third kappa shape index (κ3) is 21.5. The van der Waals surface area contributed by atoms with Gasteiger partial charge in [0.25, 0.3) is 0 Å². The molecule has 0 aliphatic rings. The Labute approximate surface area is 251 Å². The Morgan fingerprint density at radius 1 is 0.585 bits per heavy atom. The summed E-state index contributed by atoms with van der Waals surface area (Å²) in [5, 5.41) is 30.5. The van der Waals surface area contributed by atoms with Crippen LogP contribution in [0.15, 0.2) is 12.2 Å². The lowest BCUT2D eigenvalue weighted by Crippen LogP contribution is -2.58. The van der Waals surface area contributed by atoms with Crippen LogP contribution in [0.3, 0.4) is 0 Å². The summed E-state index contributed by atoms with van der Waals surface area (Å²) in [5.74, 6) is -5.26. The van der Waals surface area contributed by atoms with E-state index in [1.165, 1.54) is 77.0 Å². The van der Waals surface area contributed by atoms with Crippen LogP contribution in [0.5, 0.6) is 0 Å². The van der Waals surface area contributed by atoms with Gasteiger partial charge in [-0.2, -0.15) is 0 Å². The number of hydrogen-bond donors (Lipinski definition) is 2. The van der Waals surface area contributed by atoms with Crippen LogP contribution in [0, 0.1) is 17.8 Å². The molecule has 3 atom stereocenters. The first-order valence-electron chi connectivity index (χ1n) is 16.7. The van der Waals surface area contributed by atoms with Crippen LogP contribution in [0.2, 0.25) is 0 Å². The maximum Gasteiger partial charge on any atom is 0.311 e. The van der Waals surface area contributed by atoms with Crippen LogP contribution in [-0.4, -0.2) is 58.8 Å². The lowest BCUT2D eigenvalue weighted by atomic mass is 10.0. The van der Waals surface area contributed by atoms with E-state index >= 15 is 0 Å². The molecule has 0 rings (SSSR count). The molecule has 0 radical (unpaired) electrons. The Kier molecular flexibility index (Phi) is 23.5. The molecule has 3 unspecified atom stereocenters. The highest BCUT2D eigenvalue weighted by Gasteiger charge is 2.36. The number of hydrogen-bond acceptors (Lipinski definition) is 4. The van der Waals surface area contributed by atoms with Crippen LogP contribution in [0.25, 0.3) is 0 Å². The van der Waals surface area contributed by atoms with Gasteiger partial charge in [-0.05, 0) is 52.4 Å². The second-order valence-electron chi connectivity index (χ2n) is 12.7. The highest BCUT2D eigenvalue weighted by atomic mass is 16.4. The maximum atomic E-state index is 11.6. The van der Waals surface area contributed by atoms with Gasteiger partial charge in [-0.15, -0.1) is 0 Å². The van der Waals surface area contributed by atoms with Crippen molar-refractivity contribution in [2.45, 2.75) is 143 Å². The fourth-order valence-corrected chi connectivity index (χ4v) is 5.87. The fraction of sp³-hybridized carbons (Fsp3) is 0.853. The summed E-state index contributed by atoms with van der Waals surface area (Å²) in [6.07, 6.45) is 27.1. The zero-order valence-electron chi connectivity index (χ0n) is 26.9. The molecule has 0 aromatic rings. The third-order valence-electron chi connectivity index (χ3n) is 8.37. The predicted octanol–water partition coefficient (Wildman–Crippen LogP) is 7.23. The molecule has 0 saturated carbocycles. The lowest BCUT2D eigenvalue weighted by molar-refractivity contribution is -0.934. The molecule has 0 aliphatic carbocycles. The molecule has 0 heterocycles. The van der Waals surface area contributed by atoms with Gasteiger partial charge in [0.1, 0.15) is 11.8 Å². The molecule has 0 amide bonds. The first kappa shape index (κ1) is 39.1. The minimum Gasteiger partial charge on any atom is -0.550 e. The summed E-state index contributed by atoms with van der Waals surface area (Å²) >= 11 is 0. The van der Waals surface area contributed by atoms with Crippen molar-refractivity contribution in [3.8, 4) is 0 Å². The Bertz CT molecular complexity index is 667. The van der Waals surface area contributed by atoms with Gasteiger partial charge < -0.3 is 24.6 Å². The van der Waals surface area contributed by atoms with E-state index in [2.05, 4.69) is 19.1 Å². The molecule has 0 bridgehead atoms. The van der Waals surface area contributed by atoms with Crippen molar-refractivity contribution >= 4 is 17.9 Å². The van der Waals surface area contributed by atoms with E-state index in [-0.39, 0.29) is 24.1 Å². The fourth-order valence-electron chi connectivity index (χ4n) is 5.87. The molecule has 240 valence electrons. The Hall–Kier alpha value is -1.89. The number of aliphatic carboxylic acids is 3. The number of carboxylic acid groups (broad SMARTS) is 3. The number of carbonyl (C=O) groups excluding carboxylic acids is 1. The molecule has 0 aromatic carbocycles. The van der Waals surface area contributed by atoms with Crippen molar-refractivity contribution in [1.82, 2.24) is 0 Å². The van der Waals surface area contributed by atoms with E-state index in [1.54, 1.807) is 20.8 Å². The van der Waals surface area contributed by atoms with Crippen molar-refractivity contribution in [3.63, 3.8) is 0 Å². The summed E-state index contributed by atoms with van der Waals surface area (Å²) in [6, 6.07) is 0. The quantitative estimate of drug-likeness (QED) is 0.0547. The molecule has 7 nitrogen and oxygen atoms in total. The van der Waals surface area contributed by atoms with E-state index in [0.717, 1.165) is 38.5 Å². The van der Waals surface area contributed by atoms with Crippen molar-refractivity contribution in [1.29, 1.82) is 0 Å². The molecule has 0 aliphatic heterocycles. The number of unbranched alkanes of at least 4 members (excludes halogenated alkanes) is 16. The van der Waals surface area contributed by atoms with Crippen molar-refractivity contribution in [2.24, 2.45) is 17.8 Å². The number of rotatable bonds is 29. The zero-order chi connectivity index (χ0) is 30.9. The Morgan fingerprint density at radius 2 is 0.927 bits per heavy atom. The highest BCUT2D eigenvalue weighted by molar-refractivity contribution is 5.70. The molecule has 0 spiro atoms. The molecule has 2 N–H and O–H groups in total. The summed E-state index contributed by atoms with van der Waals surface area (Å²) in [7, 11) is 0. The van der Waals surface area contributed by atoms with Gasteiger partial charge in [-0.25, -0.2) is 0 Å². The molecular weight excluding hydrogens is 518 g/mol. The largest absolute Gasteiger partial charge is 0.550 e. The number of quaternary nitrogens is 1. The summed E-state index contributed by atoms with van der Waals surface area (Å²) in [5.41, 5.74) is 0. The highest BCUT2D eigenvalue weighted by Crippen LogP contribution is 2.22. The van der Waals surface area contributed by atoms with Crippen molar-refractivity contribution in [3.05, 3.63) is 12.2 Å². The summed E-state index contributed by atoms with van der Waals surface area (Å²) < 4.78 is 0.176. The van der Waals surface area contributed by atoms with Gasteiger partial charge in [0.2, 0.25) is 0 Å². The average Bonchev–Trinajstić information content (AvgIpc) is 2.91. The van der Waals surface area contributed by atoms with E-state index in [9.17, 15) is 29.7 Å². The number of carbonyl (C=O) groups is 3. The SMILES string of the molecule is CCCCCCCCCCCCCC/C=C/CCCCCC[N+](CC(C)C(=O)[O-])(CC(C)C(=O)O)CC(C)C(=O)O. The first-order valence-corrected chi connectivity index (χ1v) is 16.7. The number of allylic oxidation sites excluding steroid dienone is 2. The number of carboxylic acids is 3. The maximum absolute atomic E-state index is 11.6.